The molecule has 0 N–H and O–H groups in total. The highest BCUT2D eigenvalue weighted by molar-refractivity contribution is 5.61. The molecule has 1 aromatic rings. The molecule has 0 saturated heterocycles. The Bertz CT molecular complexity index is 343. The van der Waals surface area contributed by atoms with E-state index in [-0.39, 0.29) is 0 Å². The molecule has 1 rings (SSSR count). The van der Waals surface area contributed by atoms with Gasteiger partial charge in [-0.2, -0.15) is 0 Å². The van der Waals surface area contributed by atoms with Crippen molar-refractivity contribution in [3.8, 4) is 0 Å². The van der Waals surface area contributed by atoms with E-state index in [2.05, 4.69) is 63.9 Å². The second-order valence-electron chi connectivity index (χ2n) is 3.93. The fraction of sp³-hybridized carbons (Fsp3) is 0.429. The zero-order valence-electron chi connectivity index (χ0n) is 10.5. The van der Waals surface area contributed by atoms with Crippen LogP contribution in [0.5, 0.6) is 0 Å². The Hall–Kier alpha value is -1.24. The minimum atomic E-state index is 1.07. The monoisotopic (exact) mass is 203 g/mol. The van der Waals surface area contributed by atoms with Gasteiger partial charge in [0.1, 0.15) is 0 Å². The molecule has 0 aromatic heterocycles. The van der Waals surface area contributed by atoms with Crippen LogP contribution in [0.3, 0.4) is 0 Å². The predicted octanol–water partition coefficient (Wildman–Crippen LogP) is 4.05. The summed E-state index contributed by atoms with van der Waals surface area (Å²) in [7, 11) is 2.15. The number of anilines is 1. The molecule has 0 aliphatic heterocycles. The Morgan fingerprint density at radius 2 is 1.80 bits per heavy atom. The maximum Gasteiger partial charge on any atom is 0.0464 e. The van der Waals surface area contributed by atoms with Crippen molar-refractivity contribution in [2.45, 2.75) is 34.1 Å². The van der Waals surface area contributed by atoms with Crippen LogP contribution in [0.2, 0.25) is 0 Å². The summed E-state index contributed by atoms with van der Waals surface area (Å²) in [5.41, 5.74) is 5.38. The van der Waals surface area contributed by atoms with Crippen molar-refractivity contribution < 1.29 is 0 Å². The summed E-state index contributed by atoms with van der Waals surface area (Å²) in [5.74, 6) is 0. The summed E-state index contributed by atoms with van der Waals surface area (Å²) in [5, 5.41) is 0. The SMILES string of the molecule is C/C=C(/CC)N(C)c1c(C)cccc1C. The van der Waals surface area contributed by atoms with Crippen LogP contribution in [-0.2, 0) is 0 Å². The summed E-state index contributed by atoms with van der Waals surface area (Å²) >= 11 is 0. The predicted molar refractivity (Wildman–Crippen MR) is 68.4 cm³/mol. The molecule has 0 atom stereocenters. The van der Waals surface area contributed by atoms with Crippen LogP contribution in [-0.4, -0.2) is 7.05 Å². The molecule has 0 saturated carbocycles. The summed E-state index contributed by atoms with van der Waals surface area (Å²) in [6, 6.07) is 6.45. The molecule has 0 aliphatic rings. The number of rotatable bonds is 3. The lowest BCUT2D eigenvalue weighted by atomic mass is 10.1. The largest absolute Gasteiger partial charge is 0.348 e. The molecule has 82 valence electrons. The number of hydrogen-bond acceptors (Lipinski definition) is 1. The van der Waals surface area contributed by atoms with E-state index >= 15 is 0 Å². The van der Waals surface area contributed by atoms with Gasteiger partial charge < -0.3 is 4.90 Å². The highest BCUT2D eigenvalue weighted by Gasteiger charge is 2.09. The molecule has 0 radical (unpaired) electrons. The highest BCUT2D eigenvalue weighted by Crippen LogP contribution is 2.27. The maximum absolute atomic E-state index is 2.30. The molecule has 15 heavy (non-hydrogen) atoms. The van der Waals surface area contributed by atoms with Gasteiger partial charge in [-0.15, -0.1) is 0 Å². The van der Waals surface area contributed by atoms with E-state index in [4.69, 9.17) is 0 Å². The zero-order valence-corrected chi connectivity index (χ0v) is 10.5. The molecular weight excluding hydrogens is 182 g/mol. The number of para-hydroxylation sites is 1. The van der Waals surface area contributed by atoms with Crippen LogP contribution in [0.15, 0.2) is 30.0 Å². The van der Waals surface area contributed by atoms with Gasteiger partial charge in [-0.1, -0.05) is 31.2 Å². The molecule has 0 bridgehead atoms. The number of hydrogen-bond donors (Lipinski definition) is 0. The van der Waals surface area contributed by atoms with Crippen molar-refractivity contribution in [1.82, 2.24) is 0 Å². The maximum atomic E-state index is 2.30. The Labute approximate surface area is 93.4 Å². The minimum absolute atomic E-state index is 1.07. The number of aryl methyl sites for hydroxylation is 2. The van der Waals surface area contributed by atoms with E-state index in [0.29, 0.717) is 0 Å². The first-order valence-corrected chi connectivity index (χ1v) is 5.57. The first kappa shape index (κ1) is 11.8. The molecular formula is C14H21N. The van der Waals surface area contributed by atoms with Gasteiger partial charge in [0.25, 0.3) is 0 Å². The third kappa shape index (κ3) is 2.41. The second kappa shape index (κ2) is 5.01. The first-order chi connectivity index (χ1) is 7.11. The molecule has 0 fully saturated rings. The van der Waals surface area contributed by atoms with Gasteiger partial charge in [-0.25, -0.2) is 0 Å². The minimum Gasteiger partial charge on any atom is -0.348 e. The topological polar surface area (TPSA) is 3.24 Å². The Kier molecular flexibility index (Phi) is 3.96. The average molecular weight is 203 g/mol. The highest BCUT2D eigenvalue weighted by atomic mass is 15.1. The second-order valence-corrected chi connectivity index (χ2v) is 3.93. The lowest BCUT2D eigenvalue weighted by Crippen LogP contribution is -2.17. The Balaban J connectivity index is 3.16. The van der Waals surface area contributed by atoms with Crippen LogP contribution in [0.25, 0.3) is 0 Å². The Morgan fingerprint density at radius 1 is 1.27 bits per heavy atom. The normalized spacial score (nSPS) is 11.7. The van der Waals surface area contributed by atoms with Crippen molar-refractivity contribution in [1.29, 1.82) is 0 Å². The van der Waals surface area contributed by atoms with E-state index in [0.717, 1.165) is 6.42 Å². The van der Waals surface area contributed by atoms with Crippen molar-refractivity contribution in [3.05, 3.63) is 41.1 Å². The van der Waals surface area contributed by atoms with E-state index in [1.54, 1.807) is 0 Å². The number of benzene rings is 1. The van der Waals surface area contributed by atoms with Gasteiger partial charge >= 0.3 is 0 Å². The van der Waals surface area contributed by atoms with Gasteiger partial charge in [-0.3, -0.25) is 0 Å². The van der Waals surface area contributed by atoms with Gasteiger partial charge in [-0.05, 0) is 38.3 Å². The fourth-order valence-electron chi connectivity index (χ4n) is 2.11. The van der Waals surface area contributed by atoms with Crippen molar-refractivity contribution in [2.24, 2.45) is 0 Å². The molecule has 0 aliphatic carbocycles. The van der Waals surface area contributed by atoms with E-state index in [1.165, 1.54) is 22.5 Å². The standard InChI is InChI=1S/C14H21N/c1-6-13(7-2)15(5)14-11(3)9-8-10-12(14)4/h6,8-10H,7H2,1-5H3/b13-6-. The van der Waals surface area contributed by atoms with Gasteiger partial charge in [0.05, 0.1) is 0 Å². The lowest BCUT2D eigenvalue weighted by Gasteiger charge is -2.25. The molecule has 0 amide bonds. The molecule has 0 unspecified atom stereocenters. The smallest absolute Gasteiger partial charge is 0.0464 e. The van der Waals surface area contributed by atoms with E-state index < -0.39 is 0 Å². The summed E-state index contributed by atoms with van der Waals surface area (Å²) < 4.78 is 0. The summed E-state index contributed by atoms with van der Waals surface area (Å²) in [6.45, 7) is 8.63. The Morgan fingerprint density at radius 3 is 2.20 bits per heavy atom. The third-order valence-electron chi connectivity index (χ3n) is 2.90. The quantitative estimate of drug-likeness (QED) is 0.716. The average Bonchev–Trinajstić information content (AvgIpc) is 2.19. The lowest BCUT2D eigenvalue weighted by molar-refractivity contribution is 0.961. The van der Waals surface area contributed by atoms with Gasteiger partial charge in [0.15, 0.2) is 0 Å². The van der Waals surface area contributed by atoms with Gasteiger partial charge in [0, 0.05) is 18.4 Å². The first-order valence-electron chi connectivity index (χ1n) is 5.57. The number of nitrogens with zero attached hydrogens (tertiary/aromatic N) is 1. The summed E-state index contributed by atoms with van der Waals surface area (Å²) in [6.07, 6.45) is 3.26. The van der Waals surface area contributed by atoms with Crippen LogP contribution in [0, 0.1) is 13.8 Å². The van der Waals surface area contributed by atoms with Crippen molar-refractivity contribution >= 4 is 5.69 Å². The van der Waals surface area contributed by atoms with E-state index in [9.17, 15) is 0 Å². The summed E-state index contributed by atoms with van der Waals surface area (Å²) in [4.78, 5) is 2.30. The molecule has 1 aromatic carbocycles. The van der Waals surface area contributed by atoms with Gasteiger partial charge in [0.2, 0.25) is 0 Å². The number of allylic oxidation sites excluding steroid dienone is 2. The van der Waals surface area contributed by atoms with Crippen LogP contribution in [0.4, 0.5) is 5.69 Å². The molecule has 1 nitrogen and oxygen atoms in total. The third-order valence-corrected chi connectivity index (χ3v) is 2.90. The van der Waals surface area contributed by atoms with Crippen LogP contribution >= 0.6 is 0 Å². The molecule has 1 heteroatoms. The van der Waals surface area contributed by atoms with Crippen molar-refractivity contribution in [2.75, 3.05) is 11.9 Å². The molecule has 0 heterocycles. The molecule has 0 spiro atoms. The van der Waals surface area contributed by atoms with E-state index in [1.807, 2.05) is 0 Å². The zero-order chi connectivity index (χ0) is 11.4. The van der Waals surface area contributed by atoms with Crippen LogP contribution < -0.4 is 4.90 Å². The van der Waals surface area contributed by atoms with Crippen molar-refractivity contribution in [3.63, 3.8) is 0 Å². The fourth-order valence-corrected chi connectivity index (χ4v) is 2.11. The van der Waals surface area contributed by atoms with Crippen LogP contribution in [0.1, 0.15) is 31.4 Å².